The van der Waals surface area contributed by atoms with Gasteiger partial charge in [0.2, 0.25) is 0 Å². The maximum atomic E-state index is 12.5. The summed E-state index contributed by atoms with van der Waals surface area (Å²) in [5.74, 6) is 0. The largest absolute Gasteiger partial charge is 0.394 e. The van der Waals surface area contributed by atoms with Crippen LogP contribution in [0.1, 0.15) is 0 Å². The van der Waals surface area contributed by atoms with Gasteiger partial charge in [-0.3, -0.25) is 0 Å². The second-order valence-corrected chi connectivity index (χ2v) is 31.2. The van der Waals surface area contributed by atoms with Gasteiger partial charge in [-0.25, -0.2) is 0 Å². The zero-order valence-corrected chi connectivity index (χ0v) is 64.3. The maximum Gasteiger partial charge on any atom is 0.187 e. The van der Waals surface area contributed by atoms with Crippen molar-refractivity contribution in [3.63, 3.8) is 0 Å². The molecule has 11 rings (SSSR count). The lowest BCUT2D eigenvalue weighted by Gasteiger charge is -2.51. The van der Waals surface area contributed by atoms with Gasteiger partial charge in [0.25, 0.3) is 0 Å². The van der Waals surface area contributed by atoms with Crippen LogP contribution in [0.4, 0.5) is 0 Å². The second kappa shape index (κ2) is 43.4. The predicted molar refractivity (Wildman–Crippen MR) is 370 cm³/mol. The van der Waals surface area contributed by atoms with Crippen LogP contribution >= 0.6 is 0 Å². The first-order valence-electron chi connectivity index (χ1n) is 39.0. The fraction of sp³-hybridized carbons (Fsp3) is 1.00. The van der Waals surface area contributed by atoms with Crippen molar-refractivity contribution in [2.24, 2.45) is 22.9 Å². The lowest BCUT2D eigenvalue weighted by Crippen LogP contribution is -2.70. The molecule has 0 amide bonds. The number of rotatable bonds is 31. The molecule has 712 valence electrons. The maximum absolute atomic E-state index is 12.5. The van der Waals surface area contributed by atoms with Crippen molar-refractivity contribution in [2.75, 3.05) is 72.7 Å². The van der Waals surface area contributed by atoms with Crippen molar-refractivity contribution in [3.05, 3.63) is 0 Å². The van der Waals surface area contributed by atoms with E-state index in [1.54, 1.807) is 0 Å². The van der Waals surface area contributed by atoms with Gasteiger partial charge in [-0.1, -0.05) is 0 Å². The fourth-order valence-electron chi connectivity index (χ4n) is 16.0. The third-order valence-electron chi connectivity index (χ3n) is 23.3. The van der Waals surface area contributed by atoms with E-state index in [1.807, 2.05) is 0 Å². The molecular weight excluding hydrogens is 1680 g/mol. The molecule has 11 aliphatic rings. The van der Waals surface area contributed by atoms with Gasteiger partial charge in [-0.05, 0) is 0 Å². The van der Waals surface area contributed by atoms with Crippen molar-refractivity contribution in [3.8, 4) is 0 Å². The molecule has 56 nitrogen and oxygen atoms in total. The highest BCUT2D eigenvalue weighted by atomic mass is 16.8. The molecule has 0 aromatic carbocycles. The van der Waals surface area contributed by atoms with E-state index in [4.69, 9.17) is 122 Å². The minimum Gasteiger partial charge on any atom is -0.394 e. The van der Waals surface area contributed by atoms with Gasteiger partial charge in [-0.15, -0.1) is 0 Å². The Morgan fingerprint density at radius 2 is 0.377 bits per heavy atom. The van der Waals surface area contributed by atoms with Crippen LogP contribution in [-0.2, 0) is 99.5 Å². The molecule has 55 atom stereocenters. The number of aliphatic hydroxyl groups is 31. The third kappa shape index (κ3) is 20.7. The monoisotopic (exact) mass is 1800 g/mol. The van der Waals surface area contributed by atoms with E-state index >= 15 is 0 Å². The summed E-state index contributed by atoms with van der Waals surface area (Å²) in [5.41, 5.74) is 25.3. The van der Waals surface area contributed by atoms with Gasteiger partial charge < -0.3 is 281 Å². The highest BCUT2D eigenvalue weighted by molar-refractivity contribution is 5.05. The first-order valence-corrected chi connectivity index (χ1v) is 39.0. The number of aliphatic hydroxyl groups excluding tert-OH is 31. The second-order valence-electron chi connectivity index (χ2n) is 31.2. The van der Waals surface area contributed by atoms with Crippen LogP contribution < -0.4 is 22.9 Å². The summed E-state index contributed by atoms with van der Waals surface area (Å²) >= 11 is 0. The van der Waals surface area contributed by atoms with E-state index in [9.17, 15) is 158 Å². The van der Waals surface area contributed by atoms with Crippen molar-refractivity contribution >= 4 is 0 Å². The van der Waals surface area contributed by atoms with Crippen LogP contribution in [0.3, 0.4) is 0 Å². The average Bonchev–Trinajstić information content (AvgIpc) is 0.780. The Bertz CT molecular complexity index is 3130. The van der Waals surface area contributed by atoms with Gasteiger partial charge in [0.1, 0.15) is 244 Å². The van der Waals surface area contributed by atoms with Crippen molar-refractivity contribution in [2.45, 2.75) is 338 Å². The van der Waals surface area contributed by atoms with Crippen LogP contribution in [0.25, 0.3) is 0 Å². The van der Waals surface area contributed by atoms with Crippen LogP contribution in [0.5, 0.6) is 0 Å². The SMILES string of the molecule is N[C@@H]1[C@@H](O)[C@H](O[C@@H]2O[C@H](CO)[C@@H](O[C@@H]3O[C@H](CO[C@H]4O[C@H](CO)[C@@H](O)[C@H](O)[C@@H]4O[C@@H]4O[C@H](CO)[C@@H](O[C@@H]5O[C@H](CO)[C@H](O[C@H]6O[C@H](CO)[C@H](O)[C@H](O)[C@H]6O)[C@H](O)[C@H]5O)[C@H](O)[C@H]4N)[C@@H](O)[C@H](O[C@H]4O[C@H](CO)[C@@H](O)[C@H](O)[C@@H]4O[C@@H]4O[C@H](CO)[C@@H](O[C@@H]5O[C@H](CO)[C@H](O[C@H]6O[C@H](CO)[C@H](O)[C@H](O)[C@H]6O)[C@H](O)[C@H]5O)[C@H](O)[C@H]4N)[C@@H]3O)[C@H](O)[C@H]2N)[C@@H](CO)O[C@H]1O. The van der Waals surface area contributed by atoms with E-state index in [0.717, 1.165) is 0 Å². The topological polar surface area (TPSA) is 925 Å². The van der Waals surface area contributed by atoms with E-state index in [2.05, 4.69) is 0 Å². The number of ether oxygens (including phenoxy) is 21. The summed E-state index contributed by atoms with van der Waals surface area (Å²) in [5, 5.41) is 340. The molecule has 11 saturated heterocycles. The fourth-order valence-corrected chi connectivity index (χ4v) is 16.0. The van der Waals surface area contributed by atoms with E-state index in [0.29, 0.717) is 0 Å². The quantitative estimate of drug-likeness (QED) is 0.0306. The Balaban J connectivity index is 0.827. The Hall–Kier alpha value is -2.24. The zero-order chi connectivity index (χ0) is 89.4. The van der Waals surface area contributed by atoms with Gasteiger partial charge in [0.15, 0.2) is 69.2 Å². The Kier molecular flexibility index (Phi) is 35.7. The summed E-state index contributed by atoms with van der Waals surface area (Å²) in [7, 11) is 0. The molecule has 0 bridgehead atoms. The zero-order valence-electron chi connectivity index (χ0n) is 64.3. The van der Waals surface area contributed by atoms with E-state index < -0.39 is 410 Å². The van der Waals surface area contributed by atoms with Crippen molar-refractivity contribution in [1.29, 1.82) is 0 Å². The minimum atomic E-state index is -2.51. The smallest absolute Gasteiger partial charge is 0.187 e. The molecule has 0 unspecified atom stereocenters. The first-order chi connectivity index (χ1) is 57.9. The predicted octanol–water partition coefficient (Wildman–Crippen LogP) is -25.1. The van der Waals surface area contributed by atoms with E-state index in [-0.39, 0.29) is 0 Å². The van der Waals surface area contributed by atoms with Crippen LogP contribution in [0, 0.1) is 0 Å². The number of hydrogen-bond acceptors (Lipinski definition) is 56. The molecule has 11 fully saturated rings. The van der Waals surface area contributed by atoms with Gasteiger partial charge in [0, 0.05) is 0 Å². The van der Waals surface area contributed by atoms with Gasteiger partial charge >= 0.3 is 0 Å². The molecule has 56 heteroatoms. The molecule has 122 heavy (non-hydrogen) atoms. The molecule has 0 radical (unpaired) electrons. The standard InChI is InChI=1S/C66H116N4O52/c67-23-32(86)47(16(5-75)103-56(23)101)114-57-24(68)33(87)50(19(8-78)108-57)117-64-46(100)53(120-66-55(39(93)30(84)15(4-74)107-66)122-59-26(70)35(89)49(18(7-77)110-59)116-63-45(99)41(95)52(21(10-80)112-63)119-61-43(97)37(91)28(82)13(2-72)105-61)31(85)22(113-64)11-102-65-54(38(92)29(83)14(3-73)106-65)121-58-25(69)34(88)48(17(6-76)109-58)115-62-44(98)40(94)51(20(9-79)111-62)118-60-42(96)36(90)27(81)12(1-71)104-60/h12-66,71-101H,1-11,67-70H2/t12-,13-,14-,15-,16-,17-,18-,19-,20-,21-,22-,23-,24-,25-,26-,27+,28+,29-,30-,31-,32-,33-,34-,35-,36+,37+,38+,39+,40-,41-,42-,43-,44-,45-,46+,47-,48-,49-,50-,51+,52+,53+,54+,55+,56-,57+,58+,59+,60-,61-,62+,63+,64+,65+,66-/m1/s1. The molecule has 11 aliphatic heterocycles. The average molecular weight is 1800 g/mol. The van der Waals surface area contributed by atoms with Crippen molar-refractivity contribution < 1.29 is 258 Å². The molecule has 0 aliphatic carbocycles. The summed E-state index contributed by atoms with van der Waals surface area (Å²) < 4.78 is 122. The number of hydrogen-bond donors (Lipinski definition) is 35. The molecule has 39 N–H and O–H groups in total. The Morgan fingerprint density at radius 3 is 0.713 bits per heavy atom. The Morgan fingerprint density at radius 1 is 0.164 bits per heavy atom. The molecule has 11 heterocycles. The summed E-state index contributed by atoms with van der Waals surface area (Å²) in [6.07, 6.45) is -103. The molecule has 0 aromatic rings. The summed E-state index contributed by atoms with van der Waals surface area (Å²) in [6.45, 7) is -11.7. The van der Waals surface area contributed by atoms with Gasteiger partial charge in [0.05, 0.1) is 96.8 Å². The molecule has 0 spiro atoms. The third-order valence-corrected chi connectivity index (χ3v) is 23.3. The highest BCUT2D eigenvalue weighted by Crippen LogP contribution is 2.41. The lowest BCUT2D eigenvalue weighted by atomic mass is 9.94. The normalized spacial score (nSPS) is 53.8. The highest BCUT2D eigenvalue weighted by Gasteiger charge is 2.62. The summed E-state index contributed by atoms with van der Waals surface area (Å²) in [6, 6.07) is -7.28. The number of nitrogens with two attached hydrogens (primary N) is 4. The molecule has 0 saturated carbocycles. The van der Waals surface area contributed by atoms with Crippen LogP contribution in [0.2, 0.25) is 0 Å². The first kappa shape index (κ1) is 100. The minimum absolute atomic E-state index is 0.895. The van der Waals surface area contributed by atoms with Gasteiger partial charge in [-0.2, -0.15) is 0 Å². The summed E-state index contributed by atoms with van der Waals surface area (Å²) in [4.78, 5) is 0. The van der Waals surface area contributed by atoms with Crippen LogP contribution in [0.15, 0.2) is 0 Å². The molecular formula is C66H116N4O52. The van der Waals surface area contributed by atoms with Crippen molar-refractivity contribution in [1.82, 2.24) is 0 Å². The van der Waals surface area contributed by atoms with Crippen LogP contribution in [-0.4, -0.2) is 568 Å². The lowest BCUT2D eigenvalue weighted by molar-refractivity contribution is -0.399. The molecule has 0 aromatic heterocycles. The van der Waals surface area contributed by atoms with E-state index in [1.165, 1.54) is 0 Å². The Labute approximate surface area is 689 Å².